The largest absolute Gasteiger partial charge is 0.366 e. The first kappa shape index (κ1) is 21.0. The number of rotatable bonds is 2. The zero-order valence-electron chi connectivity index (χ0n) is 18.5. The van der Waals surface area contributed by atoms with Gasteiger partial charge in [0.25, 0.3) is 0 Å². The van der Waals surface area contributed by atoms with Gasteiger partial charge in [-0.3, -0.25) is 4.79 Å². The third-order valence-corrected chi connectivity index (χ3v) is 51.1. The SMILES string of the molecule is CC1=Cc2c(cccc2-c2c(C(N)=O)cc3c(Br)c2[Si](C)(C)[Si](C)(C)[Si]3(C)C)C1. The lowest BCUT2D eigenvalue weighted by molar-refractivity contribution is 0.100. The first-order valence-electron chi connectivity index (χ1n) is 10.3. The molecular formula is C23H30BrNOSi3. The molecule has 1 amide bonds. The minimum atomic E-state index is -1.81. The number of benzene rings is 2. The van der Waals surface area contributed by atoms with E-state index in [0.29, 0.717) is 0 Å². The Labute approximate surface area is 185 Å². The summed E-state index contributed by atoms with van der Waals surface area (Å²) < 4.78 is 1.27. The lowest BCUT2D eigenvalue weighted by Gasteiger charge is -2.54. The molecule has 1 heterocycles. The zero-order valence-corrected chi connectivity index (χ0v) is 23.0. The van der Waals surface area contributed by atoms with Gasteiger partial charge in [0.1, 0.15) is 0 Å². The van der Waals surface area contributed by atoms with E-state index in [4.69, 9.17) is 5.73 Å². The summed E-state index contributed by atoms with van der Waals surface area (Å²) in [5, 5.41) is 2.83. The van der Waals surface area contributed by atoms with Crippen LogP contribution in [0.2, 0.25) is 39.3 Å². The Bertz CT molecular complexity index is 1120. The van der Waals surface area contributed by atoms with Gasteiger partial charge in [0, 0.05) is 17.1 Å². The van der Waals surface area contributed by atoms with Gasteiger partial charge in [-0.05, 0) is 52.0 Å². The van der Waals surface area contributed by atoms with E-state index in [-0.39, 0.29) is 5.91 Å². The second kappa shape index (κ2) is 6.39. The van der Waals surface area contributed by atoms with Crippen molar-refractivity contribution in [3.63, 3.8) is 0 Å². The van der Waals surface area contributed by atoms with E-state index < -0.39 is 22.3 Å². The van der Waals surface area contributed by atoms with Crippen LogP contribution < -0.4 is 16.1 Å². The summed E-state index contributed by atoms with van der Waals surface area (Å²) >= 11 is 4.04. The van der Waals surface area contributed by atoms with E-state index in [2.05, 4.69) is 92.5 Å². The average Bonchev–Trinajstić information content (AvgIpc) is 2.99. The number of allylic oxidation sites excluding steroid dienone is 1. The summed E-state index contributed by atoms with van der Waals surface area (Å²) in [6.45, 7) is 17.5. The van der Waals surface area contributed by atoms with E-state index in [1.807, 2.05) is 0 Å². The topological polar surface area (TPSA) is 43.1 Å². The van der Waals surface area contributed by atoms with E-state index >= 15 is 0 Å². The molecule has 2 aliphatic rings. The van der Waals surface area contributed by atoms with Crippen LogP contribution >= 0.6 is 15.9 Å². The van der Waals surface area contributed by atoms with Gasteiger partial charge in [-0.15, -0.1) is 0 Å². The van der Waals surface area contributed by atoms with Crippen molar-refractivity contribution in [1.82, 2.24) is 0 Å². The van der Waals surface area contributed by atoms with Crippen molar-refractivity contribution in [2.24, 2.45) is 5.73 Å². The van der Waals surface area contributed by atoms with E-state index in [1.54, 1.807) is 0 Å². The maximum absolute atomic E-state index is 12.7. The highest BCUT2D eigenvalue weighted by Gasteiger charge is 2.59. The van der Waals surface area contributed by atoms with Gasteiger partial charge in [0.15, 0.2) is 0 Å². The van der Waals surface area contributed by atoms with Gasteiger partial charge in [-0.2, -0.15) is 0 Å². The Morgan fingerprint density at radius 1 is 1.07 bits per heavy atom. The van der Waals surface area contributed by atoms with Crippen LogP contribution in [0.15, 0.2) is 34.3 Å². The number of amides is 1. The normalized spacial score (nSPS) is 20.2. The fraction of sp³-hybridized carbons (Fsp3) is 0.348. The molecule has 4 rings (SSSR count). The molecular weight excluding hydrogens is 470 g/mol. The van der Waals surface area contributed by atoms with Crippen molar-refractivity contribution in [2.45, 2.75) is 52.6 Å². The third kappa shape index (κ3) is 2.65. The zero-order chi connectivity index (χ0) is 21.5. The lowest BCUT2D eigenvalue weighted by Crippen LogP contribution is -2.82. The number of nitrogens with two attached hydrogens (primary N) is 1. The Morgan fingerprint density at radius 2 is 1.72 bits per heavy atom. The Morgan fingerprint density at radius 3 is 2.34 bits per heavy atom. The van der Waals surface area contributed by atoms with Gasteiger partial charge in [-0.25, -0.2) is 0 Å². The van der Waals surface area contributed by atoms with Crippen LogP contribution in [0.5, 0.6) is 0 Å². The minimum Gasteiger partial charge on any atom is -0.366 e. The molecule has 0 unspecified atom stereocenters. The van der Waals surface area contributed by atoms with Crippen molar-refractivity contribution in [3.8, 4) is 11.1 Å². The lowest BCUT2D eigenvalue weighted by atomic mass is 9.93. The van der Waals surface area contributed by atoms with Crippen molar-refractivity contribution in [2.75, 3.05) is 0 Å². The van der Waals surface area contributed by atoms with Crippen molar-refractivity contribution < 1.29 is 4.79 Å². The van der Waals surface area contributed by atoms with Crippen LogP contribution in [-0.4, -0.2) is 28.2 Å². The number of hydrogen-bond acceptors (Lipinski definition) is 1. The molecule has 0 aromatic heterocycles. The molecule has 0 fully saturated rings. The fourth-order valence-electron chi connectivity index (χ4n) is 5.36. The monoisotopic (exact) mass is 499 g/mol. The van der Waals surface area contributed by atoms with Crippen LogP contribution in [0.1, 0.15) is 28.4 Å². The van der Waals surface area contributed by atoms with Gasteiger partial charge in [0.2, 0.25) is 5.91 Å². The number of fused-ring (bicyclic) bond motifs is 3. The summed E-state index contributed by atoms with van der Waals surface area (Å²) in [4.78, 5) is 12.7. The summed E-state index contributed by atoms with van der Waals surface area (Å²) in [6.07, 6.45) is 3.29. The molecule has 2 aromatic rings. The summed E-state index contributed by atoms with van der Waals surface area (Å²) in [5.41, 5.74) is 13.0. The Balaban J connectivity index is 2.20. The van der Waals surface area contributed by atoms with Crippen LogP contribution in [-0.2, 0) is 6.42 Å². The molecule has 2 nitrogen and oxygen atoms in total. The van der Waals surface area contributed by atoms with E-state index in [0.717, 1.165) is 17.5 Å². The van der Waals surface area contributed by atoms with Crippen LogP contribution in [0.4, 0.5) is 0 Å². The Hall–Kier alpha value is -1.22. The molecule has 1 aliphatic heterocycles. The molecule has 0 atom stereocenters. The number of primary amides is 1. The van der Waals surface area contributed by atoms with E-state index in [9.17, 15) is 4.79 Å². The van der Waals surface area contributed by atoms with Crippen LogP contribution in [0, 0.1) is 0 Å². The number of carbonyl (C=O) groups excluding carboxylic acids is 1. The molecule has 2 aromatic carbocycles. The first-order chi connectivity index (χ1) is 13.3. The highest BCUT2D eigenvalue weighted by molar-refractivity contribution is 9.10. The van der Waals surface area contributed by atoms with Crippen LogP contribution in [0.25, 0.3) is 17.2 Å². The molecule has 2 N–H and O–H groups in total. The summed E-state index contributed by atoms with van der Waals surface area (Å²) in [5.74, 6) is -0.303. The first-order valence-corrected chi connectivity index (χ1v) is 22.1. The molecule has 0 saturated carbocycles. The highest BCUT2D eigenvalue weighted by atomic mass is 79.9. The average molecular weight is 501 g/mol. The summed E-state index contributed by atoms with van der Waals surface area (Å²) in [7, 11) is -5.04. The van der Waals surface area contributed by atoms with Crippen molar-refractivity contribution >= 4 is 60.6 Å². The standard InChI is InChI=1S/C23H30BrNOSi3/c1-14-11-15-9-8-10-16(17(15)12-14)20-18(23(25)26)13-19-21(24)22(20)28(4,5)29(6,7)27(19,2)3/h8-10,12-13H,11H2,1-7H3,(H2,25,26). The fourth-order valence-corrected chi connectivity index (χ4v) is 41.8. The van der Waals surface area contributed by atoms with E-state index in [1.165, 1.54) is 37.1 Å². The number of halogens is 1. The second-order valence-electron chi connectivity index (χ2n) is 10.3. The van der Waals surface area contributed by atoms with Crippen molar-refractivity contribution in [1.29, 1.82) is 0 Å². The van der Waals surface area contributed by atoms with Crippen molar-refractivity contribution in [3.05, 3.63) is 51.0 Å². The molecule has 0 saturated heterocycles. The number of hydrogen-bond donors (Lipinski definition) is 1. The Kier molecular flexibility index (Phi) is 4.63. The predicted molar refractivity (Wildman–Crippen MR) is 137 cm³/mol. The molecule has 0 spiro atoms. The maximum atomic E-state index is 12.7. The minimum absolute atomic E-state index is 0.303. The second-order valence-corrected chi connectivity index (χ2v) is 38.4. The predicted octanol–water partition coefficient (Wildman–Crippen LogP) is 4.88. The third-order valence-electron chi connectivity index (χ3n) is 8.28. The molecule has 152 valence electrons. The van der Waals surface area contributed by atoms with Crippen LogP contribution in [0.3, 0.4) is 0 Å². The van der Waals surface area contributed by atoms with Gasteiger partial charge in [-0.1, -0.05) is 85.1 Å². The highest BCUT2D eigenvalue weighted by Crippen LogP contribution is 2.42. The van der Waals surface area contributed by atoms with Gasteiger partial charge >= 0.3 is 0 Å². The maximum Gasteiger partial charge on any atom is 0.249 e. The molecule has 2 bridgehead atoms. The number of carbonyl (C=O) groups is 1. The summed E-state index contributed by atoms with van der Waals surface area (Å²) in [6, 6.07) is 8.69. The van der Waals surface area contributed by atoms with Gasteiger partial charge < -0.3 is 5.73 Å². The quantitative estimate of drug-likeness (QED) is 0.587. The molecule has 0 radical (unpaired) electrons. The molecule has 6 heteroatoms. The smallest absolute Gasteiger partial charge is 0.249 e. The van der Waals surface area contributed by atoms with Gasteiger partial charge in [0.05, 0.1) is 15.2 Å². The molecule has 29 heavy (non-hydrogen) atoms. The molecule has 1 aliphatic carbocycles.